The zero-order chi connectivity index (χ0) is 30.6. The molecule has 0 spiro atoms. The van der Waals surface area contributed by atoms with Crippen molar-refractivity contribution in [3.05, 3.63) is 140 Å². The lowest BCUT2D eigenvalue weighted by Gasteiger charge is -2.30. The summed E-state index contributed by atoms with van der Waals surface area (Å²) in [6, 6.07) is 30.6. The van der Waals surface area contributed by atoms with Gasteiger partial charge in [0.05, 0.1) is 5.57 Å². The Bertz CT molecular complexity index is 1840. The van der Waals surface area contributed by atoms with Crippen molar-refractivity contribution >= 4 is 56.8 Å². The second-order valence-corrected chi connectivity index (χ2v) is 12.7. The molecule has 1 aliphatic heterocycles. The number of halogens is 2. The predicted octanol–water partition coefficient (Wildman–Crippen LogP) is 8.80. The predicted molar refractivity (Wildman–Crippen MR) is 180 cm³/mol. The highest BCUT2D eigenvalue weighted by atomic mass is 79.9. The fourth-order valence-corrected chi connectivity index (χ4v) is 6.46. The summed E-state index contributed by atoms with van der Waals surface area (Å²) in [4.78, 5) is 18.8. The van der Waals surface area contributed by atoms with Crippen LogP contribution in [0.3, 0.4) is 0 Å². The third-order valence-electron chi connectivity index (χ3n) is 7.21. The second kappa shape index (κ2) is 13.3. The Labute approximate surface area is 273 Å². The van der Waals surface area contributed by atoms with Gasteiger partial charge in [-0.05, 0) is 61.4 Å². The van der Waals surface area contributed by atoms with Crippen molar-refractivity contribution in [1.82, 2.24) is 14.8 Å². The molecule has 0 saturated heterocycles. The van der Waals surface area contributed by atoms with Crippen LogP contribution >= 0.6 is 39.3 Å². The first-order valence-electron chi connectivity index (χ1n) is 14.0. The van der Waals surface area contributed by atoms with E-state index in [-0.39, 0.29) is 5.91 Å². The van der Waals surface area contributed by atoms with Crippen molar-refractivity contribution in [2.45, 2.75) is 37.4 Å². The van der Waals surface area contributed by atoms with Crippen LogP contribution in [-0.2, 0) is 17.2 Å². The molecule has 0 saturated carbocycles. The van der Waals surface area contributed by atoms with E-state index in [1.807, 2.05) is 79.7 Å². The third kappa shape index (κ3) is 6.70. The van der Waals surface area contributed by atoms with E-state index in [1.54, 1.807) is 4.68 Å². The van der Waals surface area contributed by atoms with E-state index in [9.17, 15) is 4.79 Å². The molecule has 2 heterocycles. The van der Waals surface area contributed by atoms with Crippen LogP contribution in [-0.4, -0.2) is 20.7 Å². The topological polar surface area (TPSA) is 81.1 Å². The molecule has 1 aromatic heterocycles. The van der Waals surface area contributed by atoms with Gasteiger partial charge in [0.1, 0.15) is 18.4 Å². The van der Waals surface area contributed by atoms with Crippen molar-refractivity contribution in [1.29, 1.82) is 0 Å². The zero-order valence-electron chi connectivity index (χ0n) is 24.1. The number of nitrogens with one attached hydrogen (secondary N) is 2. The molecular formula is C34H29BrClN5O2S. The van der Waals surface area contributed by atoms with E-state index in [0.29, 0.717) is 51.2 Å². The molecule has 0 aliphatic carbocycles. The SMILES string of the molecule is CC1=C(C(=O)Nc2ccccc2)C(c2cc(Br)ccc2OCc2ccc(C)cc2)n2nc(SCc3ccccc3Cl)nc2N1. The fraction of sp³-hybridized carbons (Fsp3) is 0.147. The van der Waals surface area contributed by atoms with Crippen LogP contribution in [0, 0.1) is 6.92 Å². The van der Waals surface area contributed by atoms with Crippen LogP contribution in [0.15, 0.2) is 118 Å². The molecule has 1 unspecified atom stereocenters. The van der Waals surface area contributed by atoms with E-state index in [4.69, 9.17) is 26.4 Å². The second-order valence-electron chi connectivity index (χ2n) is 10.4. The van der Waals surface area contributed by atoms with E-state index in [1.165, 1.54) is 17.3 Å². The third-order valence-corrected chi connectivity index (χ3v) is 8.95. The van der Waals surface area contributed by atoms with Crippen molar-refractivity contribution in [2.24, 2.45) is 0 Å². The van der Waals surface area contributed by atoms with Gasteiger partial charge in [-0.25, -0.2) is 4.68 Å². The number of para-hydroxylation sites is 1. The van der Waals surface area contributed by atoms with Gasteiger partial charge in [-0.3, -0.25) is 4.79 Å². The monoisotopic (exact) mass is 685 g/mol. The molecule has 1 atom stereocenters. The molecule has 0 radical (unpaired) electrons. The zero-order valence-corrected chi connectivity index (χ0v) is 27.2. The lowest BCUT2D eigenvalue weighted by molar-refractivity contribution is -0.113. The molecule has 7 nitrogen and oxygen atoms in total. The Hall–Kier alpha value is -4.05. The van der Waals surface area contributed by atoms with Gasteiger partial charge in [0, 0.05) is 32.2 Å². The minimum atomic E-state index is -0.623. The highest BCUT2D eigenvalue weighted by Gasteiger charge is 2.36. The summed E-state index contributed by atoms with van der Waals surface area (Å²) in [5.41, 5.74) is 5.88. The number of carbonyl (C=O) groups excluding carboxylic acids is 1. The number of aromatic nitrogens is 3. The largest absolute Gasteiger partial charge is 0.489 e. The van der Waals surface area contributed by atoms with Crippen molar-refractivity contribution in [3.8, 4) is 5.75 Å². The first-order chi connectivity index (χ1) is 21.4. The Morgan fingerprint density at radius 2 is 1.77 bits per heavy atom. The molecule has 0 bridgehead atoms. The van der Waals surface area contributed by atoms with Crippen LogP contribution in [0.5, 0.6) is 5.75 Å². The number of allylic oxidation sites excluding steroid dienone is 1. The van der Waals surface area contributed by atoms with Crippen LogP contribution < -0.4 is 15.4 Å². The van der Waals surface area contributed by atoms with Gasteiger partial charge in [0.25, 0.3) is 5.91 Å². The molecule has 222 valence electrons. The van der Waals surface area contributed by atoms with Crippen molar-refractivity contribution in [2.75, 3.05) is 10.6 Å². The molecule has 5 aromatic rings. The number of rotatable bonds is 9. The molecule has 4 aromatic carbocycles. The number of benzene rings is 4. The quantitative estimate of drug-likeness (QED) is 0.151. The van der Waals surface area contributed by atoms with E-state index < -0.39 is 6.04 Å². The molecule has 1 aliphatic rings. The van der Waals surface area contributed by atoms with Gasteiger partial charge < -0.3 is 15.4 Å². The maximum Gasteiger partial charge on any atom is 0.255 e. The highest BCUT2D eigenvalue weighted by Crippen LogP contribution is 2.42. The fourth-order valence-electron chi connectivity index (χ4n) is 4.96. The molecular weight excluding hydrogens is 658 g/mol. The summed E-state index contributed by atoms with van der Waals surface area (Å²) in [5, 5.41) is 12.5. The minimum absolute atomic E-state index is 0.248. The van der Waals surface area contributed by atoms with Crippen molar-refractivity contribution in [3.63, 3.8) is 0 Å². The number of ether oxygens (including phenoxy) is 1. The number of aryl methyl sites for hydroxylation is 1. The first kappa shape index (κ1) is 30.0. The number of amides is 1. The molecule has 6 rings (SSSR count). The number of carbonyl (C=O) groups is 1. The van der Waals surface area contributed by atoms with Gasteiger partial charge in [-0.2, -0.15) is 4.98 Å². The summed E-state index contributed by atoms with van der Waals surface area (Å²) >= 11 is 11.5. The number of hydrogen-bond acceptors (Lipinski definition) is 6. The number of thioether (sulfide) groups is 1. The van der Waals surface area contributed by atoms with Gasteiger partial charge in [0.2, 0.25) is 11.1 Å². The van der Waals surface area contributed by atoms with Crippen LogP contribution in [0.4, 0.5) is 11.6 Å². The molecule has 1 amide bonds. The van der Waals surface area contributed by atoms with E-state index in [0.717, 1.165) is 21.2 Å². The Kier molecular flexibility index (Phi) is 9.07. The first-order valence-corrected chi connectivity index (χ1v) is 16.2. The number of anilines is 2. The van der Waals surface area contributed by atoms with E-state index >= 15 is 0 Å². The average Bonchev–Trinajstić information content (AvgIpc) is 3.43. The Morgan fingerprint density at radius 3 is 2.55 bits per heavy atom. The minimum Gasteiger partial charge on any atom is -0.489 e. The van der Waals surface area contributed by atoms with Gasteiger partial charge in [-0.1, -0.05) is 106 Å². The summed E-state index contributed by atoms with van der Waals surface area (Å²) in [6.07, 6.45) is 0. The smallest absolute Gasteiger partial charge is 0.255 e. The molecule has 44 heavy (non-hydrogen) atoms. The van der Waals surface area contributed by atoms with Crippen LogP contribution in [0.2, 0.25) is 5.02 Å². The van der Waals surface area contributed by atoms with Gasteiger partial charge in [-0.15, -0.1) is 5.10 Å². The average molecular weight is 687 g/mol. The maximum absolute atomic E-state index is 14.0. The molecule has 2 N–H and O–H groups in total. The van der Waals surface area contributed by atoms with E-state index in [2.05, 4.69) is 57.8 Å². The maximum atomic E-state index is 14.0. The Morgan fingerprint density at radius 1 is 1.02 bits per heavy atom. The highest BCUT2D eigenvalue weighted by molar-refractivity contribution is 9.10. The van der Waals surface area contributed by atoms with Gasteiger partial charge in [0.15, 0.2) is 0 Å². The number of hydrogen-bond donors (Lipinski definition) is 2. The van der Waals surface area contributed by atoms with Gasteiger partial charge >= 0.3 is 0 Å². The summed E-state index contributed by atoms with van der Waals surface area (Å²) in [6.45, 7) is 4.31. The lowest BCUT2D eigenvalue weighted by atomic mass is 9.94. The Balaban J connectivity index is 1.39. The van der Waals surface area contributed by atoms with Crippen LogP contribution in [0.25, 0.3) is 0 Å². The lowest BCUT2D eigenvalue weighted by Crippen LogP contribution is -2.31. The summed E-state index contributed by atoms with van der Waals surface area (Å²) in [5.74, 6) is 1.53. The van der Waals surface area contributed by atoms with Crippen LogP contribution in [0.1, 0.15) is 35.2 Å². The molecule has 10 heteroatoms. The summed E-state index contributed by atoms with van der Waals surface area (Å²) in [7, 11) is 0. The van der Waals surface area contributed by atoms with Crippen molar-refractivity contribution < 1.29 is 9.53 Å². The normalized spacial score (nSPS) is 14.1. The number of fused-ring (bicyclic) bond motifs is 1. The summed E-state index contributed by atoms with van der Waals surface area (Å²) < 4.78 is 9.03. The standard InChI is InChI=1S/C34H29BrClN5O2S/c1-21-12-14-23(15-13-21)19-43-29-17-16-25(35)18-27(29)31-30(32(42)38-26-9-4-3-5-10-26)22(2)37-33-39-34(40-41(31)33)44-20-24-8-6-7-11-28(24)36/h3-18,31H,19-20H2,1-2H3,(H,38,42)(H,37,39,40). The number of nitrogens with zero attached hydrogens (tertiary/aromatic N) is 3. The molecule has 0 fully saturated rings.